The highest BCUT2D eigenvalue weighted by Gasteiger charge is 2.24. The molecule has 1 aliphatic heterocycles. The second kappa shape index (κ2) is 7.60. The molecule has 0 unspecified atom stereocenters. The number of carbonyl (C=O) groups excluding carboxylic acids is 1. The second-order valence-corrected chi connectivity index (χ2v) is 5.56. The quantitative estimate of drug-likeness (QED) is 0.498. The summed E-state index contributed by atoms with van der Waals surface area (Å²) < 4.78 is 39.7. The Bertz CT molecular complexity index is 532. The normalized spacial score (nSPS) is 16.7. The van der Waals surface area contributed by atoms with E-state index in [1.165, 1.54) is 0 Å². The maximum Gasteiger partial charge on any atom is 0.246 e. The van der Waals surface area contributed by atoms with Gasteiger partial charge in [-0.25, -0.2) is 18.7 Å². The fourth-order valence-electron chi connectivity index (χ4n) is 2.79. The molecule has 1 saturated heterocycles. The Morgan fingerprint density at radius 1 is 1.27 bits per heavy atom. The van der Waals surface area contributed by atoms with Gasteiger partial charge in [-0.05, 0) is 56.9 Å². The number of hydrogen-bond acceptors (Lipinski definition) is 3. The van der Waals surface area contributed by atoms with Crippen LogP contribution in [0.5, 0.6) is 0 Å². The molecule has 0 aliphatic carbocycles. The monoisotopic (exact) mass is 316 g/mol. The van der Waals surface area contributed by atoms with Crippen molar-refractivity contribution in [2.24, 2.45) is 5.92 Å². The van der Waals surface area contributed by atoms with Gasteiger partial charge < -0.3 is 4.90 Å². The van der Waals surface area contributed by atoms with Crippen molar-refractivity contribution in [2.45, 2.75) is 25.7 Å². The third-order valence-corrected chi connectivity index (χ3v) is 4.06. The summed E-state index contributed by atoms with van der Waals surface area (Å²) in [4.78, 5) is 13.4. The highest BCUT2D eigenvalue weighted by Crippen LogP contribution is 2.19. The fourth-order valence-corrected chi connectivity index (χ4v) is 2.79. The van der Waals surface area contributed by atoms with Gasteiger partial charge in [0.1, 0.15) is 5.82 Å². The van der Waals surface area contributed by atoms with Gasteiger partial charge in [0.05, 0.1) is 0 Å². The van der Waals surface area contributed by atoms with Gasteiger partial charge in [-0.3, -0.25) is 10.0 Å². The Morgan fingerprint density at radius 3 is 2.59 bits per heavy atom. The molecule has 122 valence electrons. The van der Waals surface area contributed by atoms with Gasteiger partial charge in [0.2, 0.25) is 5.91 Å². The molecule has 1 aromatic rings. The zero-order chi connectivity index (χ0) is 16.1. The van der Waals surface area contributed by atoms with Gasteiger partial charge in [-0.15, -0.1) is 0 Å². The van der Waals surface area contributed by atoms with Crippen LogP contribution in [0.15, 0.2) is 12.1 Å². The molecule has 1 amide bonds. The summed E-state index contributed by atoms with van der Waals surface area (Å²) in [5.41, 5.74) is 1.71. The van der Waals surface area contributed by atoms with Gasteiger partial charge in [-0.1, -0.05) is 0 Å². The average Bonchev–Trinajstić information content (AvgIpc) is 2.51. The molecule has 22 heavy (non-hydrogen) atoms. The van der Waals surface area contributed by atoms with Crippen molar-refractivity contribution in [1.82, 2.24) is 10.4 Å². The summed E-state index contributed by atoms with van der Waals surface area (Å²) in [6, 6.07) is 1.56. The van der Waals surface area contributed by atoms with Crippen LogP contribution in [0.1, 0.15) is 24.8 Å². The van der Waals surface area contributed by atoms with Crippen molar-refractivity contribution in [3.8, 4) is 0 Å². The molecule has 2 rings (SSSR count). The van der Waals surface area contributed by atoms with E-state index in [2.05, 4.69) is 4.90 Å². The van der Waals surface area contributed by atoms with Crippen LogP contribution in [0.2, 0.25) is 0 Å². The third-order valence-electron chi connectivity index (χ3n) is 4.06. The predicted octanol–water partition coefficient (Wildman–Crippen LogP) is 2.25. The van der Waals surface area contributed by atoms with Gasteiger partial charge >= 0.3 is 0 Å². The van der Waals surface area contributed by atoms with Crippen LogP contribution in [0.4, 0.5) is 13.2 Å². The second-order valence-electron chi connectivity index (χ2n) is 5.56. The molecule has 0 aromatic heterocycles. The molecule has 7 heteroatoms. The lowest BCUT2D eigenvalue weighted by Gasteiger charge is -2.30. The number of nitrogens with zero attached hydrogens (tertiary/aromatic N) is 1. The van der Waals surface area contributed by atoms with Crippen LogP contribution >= 0.6 is 0 Å². The van der Waals surface area contributed by atoms with Crippen molar-refractivity contribution < 1.29 is 23.2 Å². The first kappa shape index (κ1) is 16.8. The van der Waals surface area contributed by atoms with Gasteiger partial charge in [0.15, 0.2) is 11.6 Å². The largest absolute Gasteiger partial charge is 0.303 e. The minimum absolute atomic E-state index is 0.0482. The number of carbonyl (C=O) groups is 1. The van der Waals surface area contributed by atoms with Crippen LogP contribution in [0.25, 0.3) is 0 Å². The molecule has 1 heterocycles. The van der Waals surface area contributed by atoms with Crippen molar-refractivity contribution in [3.63, 3.8) is 0 Å². The molecule has 0 atom stereocenters. The van der Waals surface area contributed by atoms with Gasteiger partial charge in [0.25, 0.3) is 0 Å². The molecule has 1 fully saturated rings. The molecule has 0 bridgehead atoms. The maximum atomic E-state index is 13.5. The summed E-state index contributed by atoms with van der Waals surface area (Å²) in [6.45, 7) is 2.08. The number of hydroxylamine groups is 1. The lowest BCUT2D eigenvalue weighted by Crippen LogP contribution is -2.40. The van der Waals surface area contributed by atoms with Crippen molar-refractivity contribution >= 4 is 5.91 Å². The molecule has 4 nitrogen and oxygen atoms in total. The van der Waals surface area contributed by atoms with E-state index in [0.29, 0.717) is 45.0 Å². The number of nitrogens with one attached hydrogen (secondary N) is 1. The van der Waals surface area contributed by atoms with Crippen LogP contribution in [0, 0.1) is 23.4 Å². The Morgan fingerprint density at radius 2 is 1.95 bits per heavy atom. The van der Waals surface area contributed by atoms with Crippen LogP contribution < -0.4 is 5.48 Å². The average molecular weight is 316 g/mol. The Labute approximate surface area is 126 Å². The zero-order valence-electron chi connectivity index (χ0n) is 12.1. The van der Waals surface area contributed by atoms with Gasteiger partial charge in [-0.2, -0.15) is 0 Å². The van der Waals surface area contributed by atoms with Crippen molar-refractivity contribution in [2.75, 3.05) is 19.6 Å². The van der Waals surface area contributed by atoms with E-state index in [0.717, 1.165) is 6.07 Å². The van der Waals surface area contributed by atoms with Crippen LogP contribution in [-0.2, 0) is 11.2 Å². The molecule has 1 aliphatic rings. The summed E-state index contributed by atoms with van der Waals surface area (Å²) in [5.74, 6) is -3.47. The molecule has 0 radical (unpaired) electrons. The van der Waals surface area contributed by atoms with E-state index in [4.69, 9.17) is 5.21 Å². The smallest absolute Gasteiger partial charge is 0.246 e. The Balaban J connectivity index is 1.77. The van der Waals surface area contributed by atoms with Crippen molar-refractivity contribution in [1.29, 1.82) is 0 Å². The Hall–Kier alpha value is -1.60. The molecule has 2 N–H and O–H groups in total. The van der Waals surface area contributed by atoms with E-state index < -0.39 is 17.5 Å². The standard InChI is InChI=1S/C15H19F3N2O2/c16-12-8-11(14(18)13(17)9-12)2-1-5-20-6-3-10(4-7-20)15(21)19-22/h8-10,22H,1-7H2,(H,19,21). The minimum atomic E-state index is -1.16. The topological polar surface area (TPSA) is 52.6 Å². The summed E-state index contributed by atoms with van der Waals surface area (Å²) in [7, 11) is 0. The summed E-state index contributed by atoms with van der Waals surface area (Å²) >= 11 is 0. The van der Waals surface area contributed by atoms with E-state index in [1.54, 1.807) is 5.48 Å². The number of amides is 1. The highest BCUT2D eigenvalue weighted by molar-refractivity contribution is 5.77. The molecule has 0 saturated carbocycles. The minimum Gasteiger partial charge on any atom is -0.303 e. The molecule has 1 aromatic carbocycles. The zero-order valence-corrected chi connectivity index (χ0v) is 12.1. The van der Waals surface area contributed by atoms with E-state index in [9.17, 15) is 18.0 Å². The highest BCUT2D eigenvalue weighted by atomic mass is 19.2. The SMILES string of the molecule is O=C(NO)C1CCN(CCCc2cc(F)cc(F)c2F)CC1. The number of likely N-dealkylation sites (tertiary alicyclic amines) is 1. The number of halogens is 3. The van der Waals surface area contributed by atoms with Gasteiger partial charge in [0, 0.05) is 12.0 Å². The number of piperidine rings is 1. The fraction of sp³-hybridized carbons (Fsp3) is 0.533. The van der Waals surface area contributed by atoms with E-state index in [1.807, 2.05) is 0 Å². The number of aryl methyl sites for hydroxylation is 1. The van der Waals surface area contributed by atoms with Crippen molar-refractivity contribution in [3.05, 3.63) is 35.1 Å². The van der Waals surface area contributed by atoms with E-state index >= 15 is 0 Å². The van der Waals surface area contributed by atoms with E-state index in [-0.39, 0.29) is 23.8 Å². The maximum absolute atomic E-state index is 13.5. The third kappa shape index (κ3) is 4.20. The number of hydrogen-bond donors (Lipinski definition) is 2. The summed E-state index contributed by atoms with van der Waals surface area (Å²) in [5, 5.41) is 8.58. The first-order valence-electron chi connectivity index (χ1n) is 7.31. The molecular weight excluding hydrogens is 297 g/mol. The lowest BCUT2D eigenvalue weighted by atomic mass is 9.96. The first-order chi connectivity index (χ1) is 10.5. The molecule has 0 spiro atoms. The number of benzene rings is 1. The predicted molar refractivity (Wildman–Crippen MR) is 73.7 cm³/mol. The molecular formula is C15H19F3N2O2. The Kier molecular flexibility index (Phi) is 5.79. The first-order valence-corrected chi connectivity index (χ1v) is 7.31. The van der Waals surface area contributed by atoms with Crippen LogP contribution in [-0.4, -0.2) is 35.6 Å². The number of rotatable bonds is 5. The summed E-state index contributed by atoms with van der Waals surface area (Å²) in [6.07, 6.45) is 2.14. The lowest BCUT2D eigenvalue weighted by molar-refractivity contribution is -0.134. The van der Waals surface area contributed by atoms with Crippen LogP contribution in [0.3, 0.4) is 0 Å².